The molecule has 2 rings (SSSR count). The minimum Gasteiger partial charge on any atom is -0.495 e. The van der Waals surface area contributed by atoms with Crippen LogP contribution in [0.1, 0.15) is 34.8 Å². The summed E-state index contributed by atoms with van der Waals surface area (Å²) in [6.45, 7) is 2.55. The molecule has 0 atom stereocenters. The van der Waals surface area contributed by atoms with Crippen LogP contribution in [-0.4, -0.2) is 20.2 Å². The molecule has 0 spiro atoms. The van der Waals surface area contributed by atoms with Gasteiger partial charge in [0.05, 0.1) is 14.2 Å². The Bertz CT molecular complexity index is 650. The van der Waals surface area contributed by atoms with Crippen molar-refractivity contribution in [2.75, 3.05) is 14.2 Å². The Morgan fingerprint density at radius 3 is 2.39 bits per heavy atom. The Morgan fingerprint density at radius 2 is 1.78 bits per heavy atom. The molecular formula is C19H22O4. The summed E-state index contributed by atoms with van der Waals surface area (Å²) in [6.07, 6.45) is 1.68. The lowest BCUT2D eigenvalue weighted by atomic mass is 10.0. The first kappa shape index (κ1) is 16.9. The summed E-state index contributed by atoms with van der Waals surface area (Å²) in [4.78, 5) is 11.9. The Morgan fingerprint density at radius 1 is 1.04 bits per heavy atom. The number of ether oxygens (including phenoxy) is 3. The molecule has 4 heteroatoms. The molecule has 0 fully saturated rings. The van der Waals surface area contributed by atoms with E-state index >= 15 is 0 Å². The molecule has 0 N–H and O–H groups in total. The molecule has 0 bridgehead atoms. The highest BCUT2D eigenvalue weighted by Crippen LogP contribution is 2.34. The zero-order valence-corrected chi connectivity index (χ0v) is 13.8. The quantitative estimate of drug-likeness (QED) is 0.724. The molecule has 0 heterocycles. The largest absolute Gasteiger partial charge is 0.495 e. The van der Waals surface area contributed by atoms with Crippen LogP contribution in [-0.2, 0) is 17.8 Å². The van der Waals surface area contributed by atoms with Crippen LogP contribution in [0.3, 0.4) is 0 Å². The van der Waals surface area contributed by atoms with Crippen molar-refractivity contribution in [1.29, 1.82) is 0 Å². The average Bonchev–Trinajstić information content (AvgIpc) is 2.60. The summed E-state index contributed by atoms with van der Waals surface area (Å²) < 4.78 is 16.2. The highest BCUT2D eigenvalue weighted by atomic mass is 16.5. The molecular weight excluding hydrogens is 292 g/mol. The molecule has 23 heavy (non-hydrogen) atoms. The lowest BCUT2D eigenvalue weighted by Gasteiger charge is -2.17. The first-order chi connectivity index (χ1) is 11.2. The number of hydrogen-bond acceptors (Lipinski definition) is 4. The molecule has 0 saturated carbocycles. The Kier molecular flexibility index (Phi) is 6.03. The second kappa shape index (κ2) is 8.22. The molecule has 0 radical (unpaired) electrons. The third kappa shape index (κ3) is 4.03. The van der Waals surface area contributed by atoms with E-state index in [0.29, 0.717) is 17.9 Å². The number of carbonyl (C=O) groups excluding carboxylic acids is 1. The second-order valence-electron chi connectivity index (χ2n) is 5.14. The molecule has 0 amide bonds. The second-order valence-corrected chi connectivity index (χ2v) is 5.14. The smallest absolute Gasteiger partial charge is 0.341 e. The molecule has 0 unspecified atom stereocenters. The molecule has 122 valence electrons. The van der Waals surface area contributed by atoms with Crippen molar-refractivity contribution in [2.24, 2.45) is 0 Å². The van der Waals surface area contributed by atoms with Crippen LogP contribution in [0, 0.1) is 0 Å². The third-order valence-electron chi connectivity index (χ3n) is 3.56. The standard InChI is InChI=1S/C19H22O4/c1-4-8-15-17(23-13-14-9-6-5-7-10-14)12-11-16(18(15)21-2)19(20)22-3/h5-7,9-12H,4,8,13H2,1-3H3. The van der Waals surface area contributed by atoms with Crippen molar-refractivity contribution in [3.63, 3.8) is 0 Å². The maximum Gasteiger partial charge on any atom is 0.341 e. The number of rotatable bonds is 7. The van der Waals surface area contributed by atoms with Gasteiger partial charge in [0.1, 0.15) is 23.7 Å². The van der Waals surface area contributed by atoms with Crippen LogP contribution in [0.25, 0.3) is 0 Å². The van der Waals surface area contributed by atoms with Crippen molar-refractivity contribution in [3.8, 4) is 11.5 Å². The van der Waals surface area contributed by atoms with E-state index in [2.05, 4.69) is 6.92 Å². The van der Waals surface area contributed by atoms with Gasteiger partial charge in [-0.1, -0.05) is 43.7 Å². The number of esters is 1. The van der Waals surface area contributed by atoms with Crippen LogP contribution in [0.15, 0.2) is 42.5 Å². The van der Waals surface area contributed by atoms with Gasteiger partial charge in [0.2, 0.25) is 0 Å². The summed E-state index contributed by atoms with van der Waals surface area (Å²) in [7, 11) is 2.92. The molecule has 0 aliphatic rings. The van der Waals surface area contributed by atoms with Gasteiger partial charge in [0.15, 0.2) is 0 Å². The number of carbonyl (C=O) groups is 1. The molecule has 0 saturated heterocycles. The van der Waals surface area contributed by atoms with Gasteiger partial charge >= 0.3 is 5.97 Å². The summed E-state index contributed by atoms with van der Waals surface area (Å²) in [5.74, 6) is 0.860. The van der Waals surface area contributed by atoms with Crippen LogP contribution >= 0.6 is 0 Å². The van der Waals surface area contributed by atoms with Crippen molar-refractivity contribution in [3.05, 3.63) is 59.2 Å². The number of methoxy groups -OCH3 is 2. The zero-order valence-electron chi connectivity index (χ0n) is 13.8. The Balaban J connectivity index is 2.33. The Labute approximate surface area is 137 Å². The van der Waals surface area contributed by atoms with Crippen LogP contribution in [0.2, 0.25) is 0 Å². The topological polar surface area (TPSA) is 44.8 Å². The molecule has 4 nitrogen and oxygen atoms in total. The zero-order chi connectivity index (χ0) is 16.7. The van der Waals surface area contributed by atoms with E-state index in [9.17, 15) is 4.79 Å². The average molecular weight is 314 g/mol. The van der Waals surface area contributed by atoms with Gasteiger partial charge in [-0.25, -0.2) is 4.79 Å². The van der Waals surface area contributed by atoms with E-state index in [4.69, 9.17) is 14.2 Å². The van der Waals surface area contributed by atoms with E-state index in [1.54, 1.807) is 13.2 Å². The normalized spacial score (nSPS) is 10.2. The fraction of sp³-hybridized carbons (Fsp3) is 0.316. The van der Waals surface area contributed by atoms with Gasteiger partial charge in [0, 0.05) is 5.56 Å². The molecule has 0 aliphatic carbocycles. The highest BCUT2D eigenvalue weighted by molar-refractivity contribution is 5.93. The van der Waals surface area contributed by atoms with E-state index in [0.717, 1.165) is 29.7 Å². The number of benzene rings is 2. The van der Waals surface area contributed by atoms with Gasteiger partial charge in [-0.3, -0.25) is 0 Å². The van der Waals surface area contributed by atoms with Gasteiger partial charge in [-0.15, -0.1) is 0 Å². The van der Waals surface area contributed by atoms with Crippen LogP contribution < -0.4 is 9.47 Å². The number of hydrogen-bond donors (Lipinski definition) is 0. The fourth-order valence-corrected chi connectivity index (χ4v) is 2.47. The maximum atomic E-state index is 11.9. The molecule has 0 aliphatic heterocycles. The first-order valence-electron chi connectivity index (χ1n) is 7.66. The van der Waals surface area contributed by atoms with Gasteiger partial charge in [-0.05, 0) is 24.1 Å². The predicted octanol–water partition coefficient (Wildman–Crippen LogP) is 4.01. The minimum atomic E-state index is -0.409. The summed E-state index contributed by atoms with van der Waals surface area (Å²) in [5.41, 5.74) is 2.41. The van der Waals surface area contributed by atoms with Crippen molar-refractivity contribution in [2.45, 2.75) is 26.4 Å². The lowest BCUT2D eigenvalue weighted by molar-refractivity contribution is 0.0596. The Hall–Kier alpha value is -2.49. The van der Waals surface area contributed by atoms with Gasteiger partial charge < -0.3 is 14.2 Å². The van der Waals surface area contributed by atoms with E-state index in [1.165, 1.54) is 7.11 Å². The van der Waals surface area contributed by atoms with Crippen molar-refractivity contribution >= 4 is 5.97 Å². The third-order valence-corrected chi connectivity index (χ3v) is 3.56. The maximum absolute atomic E-state index is 11.9. The lowest BCUT2D eigenvalue weighted by Crippen LogP contribution is -2.08. The monoisotopic (exact) mass is 314 g/mol. The first-order valence-corrected chi connectivity index (χ1v) is 7.66. The summed E-state index contributed by atoms with van der Waals surface area (Å²) in [6, 6.07) is 13.4. The SMILES string of the molecule is CCCc1c(OCc2ccccc2)ccc(C(=O)OC)c1OC. The fourth-order valence-electron chi connectivity index (χ4n) is 2.47. The van der Waals surface area contributed by atoms with Gasteiger partial charge in [-0.2, -0.15) is 0 Å². The molecule has 0 aromatic heterocycles. The minimum absolute atomic E-state index is 0.409. The molecule has 2 aromatic carbocycles. The van der Waals surface area contributed by atoms with Crippen LogP contribution in [0.5, 0.6) is 11.5 Å². The summed E-state index contributed by atoms with van der Waals surface area (Å²) >= 11 is 0. The van der Waals surface area contributed by atoms with Gasteiger partial charge in [0.25, 0.3) is 0 Å². The summed E-state index contributed by atoms with van der Waals surface area (Å²) in [5, 5.41) is 0. The van der Waals surface area contributed by atoms with Crippen molar-refractivity contribution in [1.82, 2.24) is 0 Å². The predicted molar refractivity (Wildman–Crippen MR) is 89.1 cm³/mol. The highest BCUT2D eigenvalue weighted by Gasteiger charge is 2.20. The van der Waals surface area contributed by atoms with E-state index in [-0.39, 0.29) is 0 Å². The van der Waals surface area contributed by atoms with Crippen LogP contribution in [0.4, 0.5) is 0 Å². The van der Waals surface area contributed by atoms with E-state index < -0.39 is 5.97 Å². The van der Waals surface area contributed by atoms with E-state index in [1.807, 2.05) is 36.4 Å². The van der Waals surface area contributed by atoms with Crippen molar-refractivity contribution < 1.29 is 19.0 Å². The molecule has 2 aromatic rings.